The first kappa shape index (κ1) is 21.1. The van der Waals surface area contributed by atoms with Gasteiger partial charge in [-0.3, -0.25) is 9.59 Å². The molecule has 2 N–H and O–H groups in total. The Morgan fingerprint density at radius 2 is 2.00 bits per heavy atom. The van der Waals surface area contributed by atoms with Gasteiger partial charge in [-0.15, -0.1) is 0 Å². The second kappa shape index (κ2) is 7.21. The van der Waals surface area contributed by atoms with Gasteiger partial charge in [-0.05, 0) is 36.5 Å². The summed E-state index contributed by atoms with van der Waals surface area (Å²) in [5.74, 6) is -5.64. The van der Waals surface area contributed by atoms with Gasteiger partial charge in [0.25, 0.3) is 0 Å². The molecule has 30 heavy (non-hydrogen) atoms. The Morgan fingerprint density at radius 3 is 2.60 bits per heavy atom. The molecule has 8 nitrogen and oxygen atoms in total. The van der Waals surface area contributed by atoms with Gasteiger partial charge < -0.3 is 19.7 Å². The summed E-state index contributed by atoms with van der Waals surface area (Å²) in [6.45, 7) is 3.84. The van der Waals surface area contributed by atoms with Gasteiger partial charge in [0.2, 0.25) is 11.8 Å². The molecule has 1 aromatic rings. The summed E-state index contributed by atoms with van der Waals surface area (Å²) in [5.41, 5.74) is 0.581. The van der Waals surface area contributed by atoms with E-state index in [0.717, 1.165) is 7.11 Å². The minimum absolute atomic E-state index is 0.00304. The summed E-state index contributed by atoms with van der Waals surface area (Å²) in [6.07, 6.45) is -1.16. The first-order chi connectivity index (χ1) is 14.1. The molecule has 0 bridgehead atoms. The van der Waals surface area contributed by atoms with E-state index in [-0.39, 0.29) is 29.5 Å². The fourth-order valence-electron chi connectivity index (χ4n) is 5.41. The van der Waals surface area contributed by atoms with Crippen molar-refractivity contribution in [3.63, 3.8) is 0 Å². The number of aromatic hydroxyl groups is 1. The van der Waals surface area contributed by atoms with Crippen molar-refractivity contribution in [2.75, 3.05) is 7.11 Å². The highest BCUT2D eigenvalue weighted by atomic mass is 35.5. The maximum absolute atomic E-state index is 13.0. The molecule has 1 saturated carbocycles. The minimum atomic E-state index is -1.65. The molecule has 2 heterocycles. The number of imide groups is 3. The van der Waals surface area contributed by atoms with E-state index in [2.05, 4.69) is 4.74 Å². The van der Waals surface area contributed by atoms with Crippen LogP contribution in [0, 0.1) is 29.6 Å². The van der Waals surface area contributed by atoms with E-state index < -0.39 is 53.5 Å². The largest absolute Gasteiger partial charge is 0.508 e. The number of carbonyl (C=O) groups excluding carboxylic acids is 3. The summed E-state index contributed by atoms with van der Waals surface area (Å²) >= 11 is 6.29. The van der Waals surface area contributed by atoms with Crippen molar-refractivity contribution in [1.29, 1.82) is 0 Å². The van der Waals surface area contributed by atoms with E-state index in [1.165, 1.54) is 12.1 Å². The van der Waals surface area contributed by atoms with Gasteiger partial charge in [0.05, 0.1) is 30.1 Å². The lowest BCUT2D eigenvalue weighted by molar-refractivity contribution is -0.276. The van der Waals surface area contributed by atoms with E-state index >= 15 is 0 Å². The van der Waals surface area contributed by atoms with Gasteiger partial charge in [0.1, 0.15) is 5.75 Å². The van der Waals surface area contributed by atoms with Gasteiger partial charge in [-0.2, -0.15) is 4.90 Å². The van der Waals surface area contributed by atoms with Crippen LogP contribution in [0.15, 0.2) is 18.2 Å². The highest BCUT2D eigenvalue weighted by Crippen LogP contribution is 2.60. The van der Waals surface area contributed by atoms with Gasteiger partial charge in [-0.1, -0.05) is 31.5 Å². The Hall–Kier alpha value is -2.16. The van der Waals surface area contributed by atoms with Crippen LogP contribution in [0.4, 0.5) is 4.79 Å². The highest BCUT2D eigenvalue weighted by molar-refractivity contribution is 6.31. The molecule has 162 valence electrons. The summed E-state index contributed by atoms with van der Waals surface area (Å²) in [6, 6.07) is 4.48. The van der Waals surface area contributed by atoms with Crippen LogP contribution >= 0.6 is 11.6 Å². The number of rotatable bonds is 2. The molecule has 0 radical (unpaired) electrons. The Balaban J connectivity index is 1.75. The van der Waals surface area contributed by atoms with Crippen molar-refractivity contribution in [2.24, 2.45) is 29.6 Å². The number of halogens is 1. The van der Waals surface area contributed by atoms with Crippen LogP contribution in [0.1, 0.15) is 38.4 Å². The second-order valence-electron chi connectivity index (χ2n) is 8.61. The molecule has 0 aromatic heterocycles. The standard InChI is InChI=1S/C21H24ClNO7/c1-9(2)13-7-12-17(19(26)23(18(12)25)20(27)29-3)14-8-16(30-21(13,14)28)11-5-4-10(24)6-15(11)22/h4-6,9,12-14,16-17,24,28H,7-8H2,1-3H3/t12-,13+,14-,16-,17-,21+/m0/s1. The maximum atomic E-state index is 13.0. The lowest BCUT2D eigenvalue weighted by atomic mass is 9.62. The van der Waals surface area contributed by atoms with Crippen molar-refractivity contribution in [2.45, 2.75) is 38.6 Å². The Bertz CT molecular complexity index is 919. The maximum Gasteiger partial charge on any atom is 0.423 e. The molecule has 3 amide bonds. The van der Waals surface area contributed by atoms with Gasteiger partial charge in [-0.25, -0.2) is 4.79 Å². The number of nitrogens with zero attached hydrogens (tertiary/aromatic N) is 1. The van der Waals surface area contributed by atoms with Gasteiger partial charge >= 0.3 is 6.09 Å². The van der Waals surface area contributed by atoms with Crippen LogP contribution in [0.3, 0.4) is 0 Å². The summed E-state index contributed by atoms with van der Waals surface area (Å²) in [7, 11) is 1.11. The lowest BCUT2D eigenvalue weighted by Gasteiger charge is -2.46. The van der Waals surface area contributed by atoms with E-state index in [4.69, 9.17) is 16.3 Å². The van der Waals surface area contributed by atoms with Crippen LogP contribution < -0.4 is 0 Å². The average molecular weight is 438 g/mol. The van der Waals surface area contributed by atoms with Gasteiger partial charge in [0, 0.05) is 11.8 Å². The van der Waals surface area contributed by atoms with E-state index in [9.17, 15) is 24.6 Å². The molecule has 3 aliphatic rings. The number of aliphatic hydroxyl groups is 1. The number of ether oxygens (including phenoxy) is 2. The lowest BCUT2D eigenvalue weighted by Crippen LogP contribution is -2.55. The number of fused-ring (bicyclic) bond motifs is 3. The third-order valence-corrected chi connectivity index (χ3v) is 7.10. The minimum Gasteiger partial charge on any atom is -0.508 e. The molecule has 0 spiro atoms. The van der Waals surface area contributed by atoms with Crippen molar-refractivity contribution in [3.05, 3.63) is 28.8 Å². The first-order valence-corrected chi connectivity index (χ1v) is 10.3. The smallest absolute Gasteiger partial charge is 0.423 e. The number of carbonyl (C=O) groups is 3. The van der Waals surface area contributed by atoms with Crippen molar-refractivity contribution in [1.82, 2.24) is 4.90 Å². The quantitative estimate of drug-likeness (QED) is 0.684. The zero-order chi connectivity index (χ0) is 22.0. The zero-order valence-electron chi connectivity index (χ0n) is 16.9. The molecule has 0 unspecified atom stereocenters. The Kier molecular flexibility index (Phi) is 5.07. The van der Waals surface area contributed by atoms with Crippen LogP contribution in [0.5, 0.6) is 5.75 Å². The number of phenols is 1. The third-order valence-electron chi connectivity index (χ3n) is 6.77. The van der Waals surface area contributed by atoms with E-state index in [0.29, 0.717) is 10.5 Å². The monoisotopic (exact) mass is 437 g/mol. The highest BCUT2D eigenvalue weighted by Gasteiger charge is 2.68. The molecule has 1 aromatic carbocycles. The second-order valence-corrected chi connectivity index (χ2v) is 9.01. The fraction of sp³-hybridized carbons (Fsp3) is 0.571. The molecule has 9 heteroatoms. The van der Waals surface area contributed by atoms with E-state index in [1.807, 2.05) is 13.8 Å². The topological polar surface area (TPSA) is 113 Å². The molecular weight excluding hydrogens is 414 g/mol. The predicted molar refractivity (Wildman–Crippen MR) is 104 cm³/mol. The Morgan fingerprint density at radius 1 is 1.30 bits per heavy atom. The molecule has 3 fully saturated rings. The fourth-order valence-corrected chi connectivity index (χ4v) is 5.71. The average Bonchev–Trinajstić information content (AvgIpc) is 3.14. The molecule has 6 atom stereocenters. The number of hydrogen-bond donors (Lipinski definition) is 2. The molecule has 2 saturated heterocycles. The zero-order valence-corrected chi connectivity index (χ0v) is 17.6. The van der Waals surface area contributed by atoms with Crippen molar-refractivity contribution < 1.29 is 34.1 Å². The molecule has 2 aliphatic heterocycles. The number of hydrogen-bond acceptors (Lipinski definition) is 7. The number of likely N-dealkylation sites (tertiary alicyclic amines) is 1. The summed E-state index contributed by atoms with van der Waals surface area (Å²) < 4.78 is 10.8. The molecule has 1 aliphatic carbocycles. The third kappa shape index (κ3) is 2.92. The summed E-state index contributed by atoms with van der Waals surface area (Å²) in [5, 5.41) is 21.6. The van der Waals surface area contributed by atoms with Crippen molar-refractivity contribution in [3.8, 4) is 5.75 Å². The number of phenolic OH excluding ortho intramolecular Hbond substituents is 1. The normalized spacial score (nSPS) is 35.5. The molecule has 4 rings (SSSR count). The van der Waals surface area contributed by atoms with Crippen molar-refractivity contribution >= 4 is 29.5 Å². The van der Waals surface area contributed by atoms with Gasteiger partial charge in [0.15, 0.2) is 5.79 Å². The van der Waals surface area contributed by atoms with Crippen LogP contribution in [-0.4, -0.2) is 45.9 Å². The number of amides is 3. The Labute approximate surface area is 178 Å². The summed E-state index contributed by atoms with van der Waals surface area (Å²) in [4.78, 5) is 38.5. The van der Waals surface area contributed by atoms with Crippen LogP contribution in [0.2, 0.25) is 5.02 Å². The number of methoxy groups -OCH3 is 1. The van der Waals surface area contributed by atoms with Crippen LogP contribution in [-0.2, 0) is 19.1 Å². The van der Waals surface area contributed by atoms with Crippen LogP contribution in [0.25, 0.3) is 0 Å². The first-order valence-electron chi connectivity index (χ1n) is 9.94. The SMILES string of the molecule is COC(=O)N1C(=O)[C@H]2[C@H](C[C@H](C(C)C)[C@@]3(O)O[C@H](c4ccc(O)cc4Cl)C[C@@H]23)C1=O. The number of benzene rings is 1. The predicted octanol–water partition coefficient (Wildman–Crippen LogP) is 2.86. The molecular formula is C21H24ClNO7. The van der Waals surface area contributed by atoms with E-state index in [1.54, 1.807) is 6.07 Å².